The Bertz CT molecular complexity index is 527. The molecule has 0 saturated carbocycles. The van der Waals surface area contributed by atoms with Gasteiger partial charge in [-0.2, -0.15) is 0 Å². The van der Waals surface area contributed by atoms with Gasteiger partial charge in [-0.05, 0) is 50.0 Å². The van der Waals surface area contributed by atoms with Crippen LogP contribution in [-0.2, 0) is 4.74 Å². The van der Waals surface area contributed by atoms with Crippen molar-refractivity contribution in [2.45, 2.75) is 32.6 Å². The molecule has 1 N–H and O–H groups in total. The van der Waals surface area contributed by atoms with Crippen LogP contribution < -0.4 is 5.32 Å². The van der Waals surface area contributed by atoms with Gasteiger partial charge in [-0.25, -0.2) is 0 Å². The van der Waals surface area contributed by atoms with Crippen LogP contribution in [0.3, 0.4) is 0 Å². The first-order valence-corrected chi connectivity index (χ1v) is 8.99. The Kier molecular flexibility index (Phi) is 5.44. The van der Waals surface area contributed by atoms with Crippen molar-refractivity contribution in [2.75, 3.05) is 53.5 Å². The monoisotopic (exact) mass is 317 g/mol. The fourth-order valence-electron chi connectivity index (χ4n) is 4.05. The lowest BCUT2D eigenvalue weighted by atomic mass is 9.91. The van der Waals surface area contributed by atoms with Crippen LogP contribution >= 0.6 is 0 Å². The Labute approximate surface area is 140 Å². The van der Waals surface area contributed by atoms with Crippen molar-refractivity contribution < 1.29 is 4.74 Å². The lowest BCUT2D eigenvalue weighted by molar-refractivity contribution is 0.0543. The second-order valence-corrected chi connectivity index (χ2v) is 6.95. The van der Waals surface area contributed by atoms with Gasteiger partial charge < -0.3 is 19.9 Å². The van der Waals surface area contributed by atoms with E-state index in [2.05, 4.69) is 35.2 Å². The van der Waals surface area contributed by atoms with Gasteiger partial charge in [0.15, 0.2) is 0 Å². The van der Waals surface area contributed by atoms with Crippen molar-refractivity contribution in [3.63, 3.8) is 0 Å². The van der Waals surface area contributed by atoms with E-state index in [0.29, 0.717) is 0 Å². The minimum atomic E-state index is 0.862. The minimum absolute atomic E-state index is 0.862. The van der Waals surface area contributed by atoms with E-state index in [1.165, 1.54) is 36.2 Å². The van der Waals surface area contributed by atoms with Crippen molar-refractivity contribution >= 4 is 0 Å². The highest BCUT2D eigenvalue weighted by atomic mass is 16.5. The van der Waals surface area contributed by atoms with Gasteiger partial charge in [-0.1, -0.05) is 6.08 Å². The van der Waals surface area contributed by atoms with Gasteiger partial charge in [0, 0.05) is 51.0 Å². The molecule has 0 aromatic rings. The summed E-state index contributed by atoms with van der Waals surface area (Å²) < 4.78 is 5.56. The van der Waals surface area contributed by atoms with Gasteiger partial charge in [0.1, 0.15) is 0 Å². The smallest absolute Gasteiger partial charge is 0.0642 e. The van der Waals surface area contributed by atoms with Gasteiger partial charge in [0.25, 0.3) is 0 Å². The molecule has 0 radical (unpaired) electrons. The summed E-state index contributed by atoms with van der Waals surface area (Å²) in [5.74, 6) is 0. The van der Waals surface area contributed by atoms with E-state index in [1.54, 1.807) is 11.1 Å². The summed E-state index contributed by atoms with van der Waals surface area (Å²) >= 11 is 0. The van der Waals surface area contributed by atoms with E-state index < -0.39 is 0 Å². The zero-order valence-corrected chi connectivity index (χ0v) is 15.0. The van der Waals surface area contributed by atoms with Crippen LogP contribution in [0.2, 0.25) is 0 Å². The van der Waals surface area contributed by atoms with Crippen LogP contribution in [0, 0.1) is 0 Å². The second-order valence-electron chi connectivity index (χ2n) is 6.95. The molecule has 4 heteroatoms. The molecule has 0 spiro atoms. The van der Waals surface area contributed by atoms with Gasteiger partial charge in [0.2, 0.25) is 0 Å². The summed E-state index contributed by atoms with van der Waals surface area (Å²) in [4.78, 5) is 5.02. The molecule has 0 aromatic heterocycles. The lowest BCUT2D eigenvalue weighted by Gasteiger charge is -2.38. The summed E-state index contributed by atoms with van der Waals surface area (Å²) in [6.45, 7) is 8.12. The highest BCUT2D eigenvalue weighted by Gasteiger charge is 2.27. The number of morpholine rings is 1. The number of nitrogens with one attached hydrogen (secondary N) is 1. The zero-order valence-electron chi connectivity index (χ0n) is 15.0. The highest BCUT2D eigenvalue weighted by molar-refractivity contribution is 5.43. The molecular weight excluding hydrogens is 286 g/mol. The molecule has 0 atom stereocenters. The van der Waals surface area contributed by atoms with Crippen molar-refractivity contribution in [1.29, 1.82) is 0 Å². The molecule has 2 heterocycles. The quantitative estimate of drug-likeness (QED) is 0.865. The predicted molar refractivity (Wildman–Crippen MR) is 95.2 cm³/mol. The number of hydrogen-bond acceptors (Lipinski definition) is 4. The Morgan fingerprint density at radius 2 is 2.09 bits per heavy atom. The normalized spacial score (nSPS) is 25.1. The number of hydrogen-bond donors (Lipinski definition) is 1. The summed E-state index contributed by atoms with van der Waals surface area (Å²) in [7, 11) is 4.28. The van der Waals surface area contributed by atoms with Crippen molar-refractivity contribution in [3.05, 3.63) is 34.2 Å². The molecule has 23 heavy (non-hydrogen) atoms. The van der Waals surface area contributed by atoms with Gasteiger partial charge in [0.05, 0.1) is 13.2 Å². The fourth-order valence-corrected chi connectivity index (χ4v) is 4.05. The topological polar surface area (TPSA) is 27.7 Å². The third-order valence-corrected chi connectivity index (χ3v) is 5.28. The van der Waals surface area contributed by atoms with Crippen LogP contribution in [0.5, 0.6) is 0 Å². The van der Waals surface area contributed by atoms with Crippen molar-refractivity contribution in [1.82, 2.24) is 15.1 Å². The Hall–Kier alpha value is -1.26. The van der Waals surface area contributed by atoms with Gasteiger partial charge >= 0.3 is 0 Å². The summed E-state index contributed by atoms with van der Waals surface area (Å²) in [5.41, 5.74) is 7.73. The standard InChI is InChI=1S/C19H31N3O/c1-15(13-20-2)19-12-17-16(14-21(19)3)6-4-5-7-18(17)22-8-10-23-11-9-22/h7,20H,4-6,8-14H2,1-3H3/b19-15+. The molecule has 1 aliphatic carbocycles. The molecule has 0 bridgehead atoms. The molecule has 1 saturated heterocycles. The van der Waals surface area contributed by atoms with E-state index in [4.69, 9.17) is 4.74 Å². The lowest BCUT2D eigenvalue weighted by Crippen LogP contribution is -2.38. The maximum absolute atomic E-state index is 5.56. The Balaban J connectivity index is 1.91. The number of likely N-dealkylation sites (N-methyl/N-ethyl adjacent to an activating group) is 2. The number of allylic oxidation sites excluding steroid dienone is 3. The molecule has 1 fully saturated rings. The summed E-state index contributed by atoms with van der Waals surface area (Å²) in [6, 6.07) is 0. The van der Waals surface area contributed by atoms with Crippen LogP contribution in [0.25, 0.3) is 0 Å². The molecule has 0 unspecified atom stereocenters. The molecular formula is C19H31N3O. The fraction of sp³-hybridized carbons (Fsp3) is 0.684. The third kappa shape index (κ3) is 3.64. The number of nitrogens with zero attached hydrogens (tertiary/aromatic N) is 2. The molecule has 2 aliphatic heterocycles. The van der Waals surface area contributed by atoms with Crippen LogP contribution in [0.1, 0.15) is 32.6 Å². The summed E-state index contributed by atoms with van der Waals surface area (Å²) in [6.07, 6.45) is 7.32. The maximum atomic E-state index is 5.56. The first-order valence-electron chi connectivity index (χ1n) is 8.99. The van der Waals surface area contributed by atoms with Crippen LogP contribution in [0.15, 0.2) is 34.2 Å². The molecule has 3 rings (SSSR count). The van der Waals surface area contributed by atoms with Crippen molar-refractivity contribution in [2.24, 2.45) is 0 Å². The predicted octanol–water partition coefficient (Wildman–Crippen LogP) is 2.51. The maximum Gasteiger partial charge on any atom is 0.0642 e. The van der Waals surface area contributed by atoms with E-state index in [9.17, 15) is 0 Å². The Morgan fingerprint density at radius 1 is 1.30 bits per heavy atom. The van der Waals surface area contributed by atoms with E-state index >= 15 is 0 Å². The number of ether oxygens (including phenoxy) is 1. The van der Waals surface area contributed by atoms with Crippen molar-refractivity contribution in [3.8, 4) is 0 Å². The second kappa shape index (κ2) is 7.54. The summed E-state index contributed by atoms with van der Waals surface area (Å²) in [5, 5.41) is 3.30. The first kappa shape index (κ1) is 16.6. The molecule has 0 amide bonds. The minimum Gasteiger partial charge on any atom is -0.378 e. The molecule has 4 nitrogen and oxygen atoms in total. The molecule has 3 aliphatic rings. The van der Waals surface area contributed by atoms with E-state index in [1.807, 2.05) is 7.05 Å². The zero-order chi connectivity index (χ0) is 16.2. The SMILES string of the molecule is CNC/C(C)=C1\CC2=C(CCCC=C2N2CCOCC2)CN1C. The number of rotatable bonds is 3. The molecule has 128 valence electrons. The average molecular weight is 317 g/mol. The average Bonchev–Trinajstić information content (AvgIpc) is 2.77. The largest absolute Gasteiger partial charge is 0.378 e. The van der Waals surface area contributed by atoms with Crippen LogP contribution in [-0.4, -0.2) is 63.3 Å². The van der Waals surface area contributed by atoms with Crippen LogP contribution in [0.4, 0.5) is 0 Å². The van der Waals surface area contributed by atoms with Gasteiger partial charge in [-0.15, -0.1) is 0 Å². The van der Waals surface area contributed by atoms with E-state index in [-0.39, 0.29) is 0 Å². The molecule has 0 aromatic carbocycles. The third-order valence-electron chi connectivity index (χ3n) is 5.28. The highest BCUT2D eigenvalue weighted by Crippen LogP contribution is 2.37. The van der Waals surface area contributed by atoms with E-state index in [0.717, 1.165) is 45.8 Å². The van der Waals surface area contributed by atoms with Gasteiger partial charge in [-0.3, -0.25) is 0 Å². The first-order chi connectivity index (χ1) is 11.2. The Morgan fingerprint density at radius 3 is 2.83 bits per heavy atom.